The first-order valence-electron chi connectivity index (χ1n) is 11.8. The normalized spacial score (nSPS) is 14.6. The number of benzene rings is 3. The molecule has 0 atom stereocenters. The summed E-state index contributed by atoms with van der Waals surface area (Å²) >= 11 is 6.21. The van der Waals surface area contributed by atoms with Gasteiger partial charge in [0.1, 0.15) is 5.82 Å². The maximum absolute atomic E-state index is 14.5. The van der Waals surface area contributed by atoms with Gasteiger partial charge >= 0.3 is 6.18 Å². The predicted molar refractivity (Wildman–Crippen MR) is 144 cm³/mol. The number of likely N-dealkylation sites (N-methyl/N-ethyl adjacent to an activating group) is 1. The van der Waals surface area contributed by atoms with Gasteiger partial charge in [0.25, 0.3) is 10.0 Å². The number of allylic oxidation sites excluding steroid dienone is 1. The molecule has 4 rings (SSSR count). The molecule has 1 N–H and O–H groups in total. The third-order valence-corrected chi connectivity index (χ3v) is 8.43. The average Bonchev–Trinajstić information content (AvgIpc) is 2.86. The fraction of sp³-hybridized carbons (Fsp3) is 0.259. The monoisotopic (exact) mass is 567 g/mol. The van der Waals surface area contributed by atoms with Crippen LogP contribution in [0, 0.1) is 5.82 Å². The van der Waals surface area contributed by atoms with Gasteiger partial charge in [0, 0.05) is 25.2 Å². The molecule has 0 fully saturated rings. The Morgan fingerprint density at radius 3 is 2.47 bits per heavy atom. The van der Waals surface area contributed by atoms with E-state index in [0.717, 1.165) is 22.5 Å². The van der Waals surface area contributed by atoms with Gasteiger partial charge in [-0.25, -0.2) is 12.8 Å². The number of halogens is 5. The molecule has 3 aromatic rings. The summed E-state index contributed by atoms with van der Waals surface area (Å²) < 4.78 is 82.8. The second-order valence-electron chi connectivity index (χ2n) is 8.87. The van der Waals surface area contributed by atoms with Gasteiger partial charge in [-0.15, -0.1) is 0 Å². The molecular weight excluding hydrogens is 542 g/mol. The maximum Gasteiger partial charge on any atom is 0.416 e. The molecule has 0 amide bonds. The van der Waals surface area contributed by atoms with Gasteiger partial charge in [-0.2, -0.15) is 13.2 Å². The second-order valence-corrected chi connectivity index (χ2v) is 11.1. The zero-order valence-corrected chi connectivity index (χ0v) is 22.3. The van der Waals surface area contributed by atoms with E-state index in [2.05, 4.69) is 5.32 Å². The summed E-state index contributed by atoms with van der Waals surface area (Å²) in [6, 6.07) is 13.3. The quantitative estimate of drug-likeness (QED) is 0.269. The third-order valence-electron chi connectivity index (χ3n) is 6.30. The van der Waals surface area contributed by atoms with E-state index in [0.29, 0.717) is 48.2 Å². The zero-order valence-electron chi connectivity index (χ0n) is 20.7. The molecule has 38 heavy (non-hydrogen) atoms. The van der Waals surface area contributed by atoms with Crippen molar-refractivity contribution in [2.24, 2.45) is 0 Å². The summed E-state index contributed by atoms with van der Waals surface area (Å²) in [4.78, 5) is 1.56. The highest BCUT2D eigenvalue weighted by molar-refractivity contribution is 7.92. The summed E-state index contributed by atoms with van der Waals surface area (Å²) in [7, 11) is -2.52. The Morgan fingerprint density at radius 2 is 1.79 bits per heavy atom. The minimum atomic E-state index is -4.68. The van der Waals surface area contributed by atoms with E-state index in [4.69, 9.17) is 11.6 Å². The summed E-state index contributed by atoms with van der Waals surface area (Å²) in [5, 5.41) is 3.30. The fourth-order valence-corrected chi connectivity index (χ4v) is 6.26. The van der Waals surface area contributed by atoms with Crippen LogP contribution in [0.2, 0.25) is 5.02 Å². The lowest BCUT2D eigenvalue weighted by Gasteiger charge is -2.38. The number of nitrogens with one attached hydrogen (secondary N) is 1. The van der Waals surface area contributed by atoms with Crippen molar-refractivity contribution in [3.05, 3.63) is 88.2 Å². The van der Waals surface area contributed by atoms with Crippen LogP contribution in [0.4, 0.5) is 28.9 Å². The van der Waals surface area contributed by atoms with Gasteiger partial charge in [-0.1, -0.05) is 35.9 Å². The highest BCUT2D eigenvalue weighted by Gasteiger charge is 2.35. The Hall–Kier alpha value is -3.08. The number of alkyl halides is 3. The summed E-state index contributed by atoms with van der Waals surface area (Å²) in [5.41, 5.74) is 1.26. The molecule has 5 nitrogen and oxygen atoms in total. The molecule has 0 spiro atoms. The Kier molecular flexibility index (Phi) is 8.06. The first kappa shape index (κ1) is 27.9. The second kappa shape index (κ2) is 11.0. The van der Waals surface area contributed by atoms with Gasteiger partial charge in [0.2, 0.25) is 0 Å². The molecule has 0 unspecified atom stereocenters. The van der Waals surface area contributed by atoms with Crippen molar-refractivity contribution in [2.75, 3.05) is 42.4 Å². The van der Waals surface area contributed by atoms with Crippen LogP contribution in [0.25, 0.3) is 11.6 Å². The van der Waals surface area contributed by atoms with Gasteiger partial charge in [-0.05, 0) is 67.6 Å². The Labute approximate surface area is 224 Å². The van der Waals surface area contributed by atoms with Crippen molar-refractivity contribution in [3.63, 3.8) is 0 Å². The van der Waals surface area contributed by atoms with E-state index in [1.54, 1.807) is 44.3 Å². The third kappa shape index (κ3) is 5.67. The summed E-state index contributed by atoms with van der Waals surface area (Å²) in [6.07, 6.45) is -3.00. The number of rotatable bonds is 7. The Balaban J connectivity index is 1.81. The lowest BCUT2D eigenvalue weighted by atomic mass is 10.0. The van der Waals surface area contributed by atoms with Crippen molar-refractivity contribution < 1.29 is 26.0 Å². The smallest absolute Gasteiger partial charge is 0.367 e. The highest BCUT2D eigenvalue weighted by Crippen LogP contribution is 2.39. The van der Waals surface area contributed by atoms with Crippen LogP contribution >= 0.6 is 11.6 Å². The summed E-state index contributed by atoms with van der Waals surface area (Å²) in [5.74, 6) is -0.490. The van der Waals surface area contributed by atoms with E-state index in [1.165, 1.54) is 12.1 Å². The summed E-state index contributed by atoms with van der Waals surface area (Å²) in [6.45, 7) is 3.33. The number of hydrogen-bond acceptors (Lipinski definition) is 4. The zero-order chi connectivity index (χ0) is 27.7. The van der Waals surface area contributed by atoms with Crippen molar-refractivity contribution >= 4 is 44.6 Å². The van der Waals surface area contributed by atoms with Crippen LogP contribution in [-0.4, -0.2) is 41.6 Å². The molecule has 0 aromatic heterocycles. The topological polar surface area (TPSA) is 52.6 Å². The maximum atomic E-state index is 14.5. The molecule has 0 aliphatic carbocycles. The largest absolute Gasteiger partial charge is 0.416 e. The van der Waals surface area contributed by atoms with Crippen molar-refractivity contribution in [1.82, 2.24) is 5.32 Å². The minimum Gasteiger partial charge on any atom is -0.367 e. The van der Waals surface area contributed by atoms with Gasteiger partial charge < -0.3 is 10.2 Å². The van der Waals surface area contributed by atoms with Gasteiger partial charge in [0.05, 0.1) is 33.4 Å². The number of fused-ring (bicyclic) bond motifs is 1. The van der Waals surface area contributed by atoms with Crippen molar-refractivity contribution in [3.8, 4) is 0 Å². The van der Waals surface area contributed by atoms with Crippen LogP contribution in [0.3, 0.4) is 0 Å². The van der Waals surface area contributed by atoms with Crippen LogP contribution in [-0.2, 0) is 16.2 Å². The number of sulfonamides is 1. The number of anilines is 2. The number of hydrogen-bond donors (Lipinski definition) is 1. The van der Waals surface area contributed by atoms with Gasteiger partial charge in [0.15, 0.2) is 0 Å². The first-order valence-corrected chi connectivity index (χ1v) is 13.6. The molecule has 0 saturated carbocycles. The molecule has 0 radical (unpaired) electrons. The number of nitrogens with zero attached hydrogens (tertiary/aromatic N) is 2. The van der Waals surface area contributed by atoms with E-state index < -0.39 is 32.5 Å². The molecule has 3 aromatic carbocycles. The average molecular weight is 568 g/mol. The van der Waals surface area contributed by atoms with Gasteiger partial charge in [-0.3, -0.25) is 4.31 Å². The Bertz CT molecular complexity index is 1460. The lowest BCUT2D eigenvalue weighted by Crippen LogP contribution is -2.45. The molecule has 1 aliphatic heterocycles. The molecule has 202 valence electrons. The van der Waals surface area contributed by atoms with Crippen LogP contribution in [0.1, 0.15) is 23.6 Å². The van der Waals surface area contributed by atoms with Crippen LogP contribution in [0.5, 0.6) is 0 Å². The molecular formula is C27H26ClF4N3O2S. The lowest BCUT2D eigenvalue weighted by molar-refractivity contribution is -0.137. The molecule has 0 bridgehead atoms. The van der Waals surface area contributed by atoms with E-state index in [9.17, 15) is 26.0 Å². The molecule has 1 heterocycles. The Morgan fingerprint density at radius 1 is 1.05 bits per heavy atom. The SMILES string of the molecule is CNCCN1CCN(S(=O)(=O)c2cccc(C(F)(F)F)c2)c2cc(/C=C(\C)c3c(F)cccc3Cl)ccc21. The molecule has 1 aliphatic rings. The van der Waals surface area contributed by atoms with Crippen LogP contribution in [0.15, 0.2) is 65.6 Å². The fourth-order valence-electron chi connectivity index (χ4n) is 4.44. The van der Waals surface area contributed by atoms with E-state index in [-0.39, 0.29) is 17.1 Å². The standard InChI is InChI=1S/C27H26ClF4N3O2S/c1-18(26-22(28)7-4-8-23(26)29)15-19-9-10-24-25(16-19)35(14-13-34(24)12-11-33-2)38(36,37)21-6-3-5-20(17-21)27(30,31)32/h3-10,15-17,33H,11-14H2,1-2H3/b18-15+. The predicted octanol–water partition coefficient (Wildman–Crippen LogP) is 6.29. The van der Waals surface area contributed by atoms with Crippen LogP contribution < -0.4 is 14.5 Å². The van der Waals surface area contributed by atoms with Crippen molar-refractivity contribution in [2.45, 2.75) is 18.0 Å². The molecule has 0 saturated heterocycles. The van der Waals surface area contributed by atoms with E-state index in [1.807, 2.05) is 4.90 Å². The highest BCUT2D eigenvalue weighted by atomic mass is 35.5. The van der Waals surface area contributed by atoms with Crippen molar-refractivity contribution in [1.29, 1.82) is 0 Å². The minimum absolute atomic E-state index is 0.0422. The molecule has 11 heteroatoms. The first-order chi connectivity index (χ1) is 17.9. The van der Waals surface area contributed by atoms with E-state index >= 15 is 0 Å².